The molecule has 12 rings (SSSR count). The van der Waals surface area contributed by atoms with Crippen molar-refractivity contribution in [1.29, 1.82) is 0 Å². The van der Waals surface area contributed by atoms with Gasteiger partial charge in [0.05, 0.1) is 5.69 Å². The van der Waals surface area contributed by atoms with Crippen LogP contribution in [-0.2, 0) is 10.8 Å². The van der Waals surface area contributed by atoms with Gasteiger partial charge in [-0.1, -0.05) is 211 Å². The van der Waals surface area contributed by atoms with Crippen molar-refractivity contribution < 1.29 is 24.7 Å². The van der Waals surface area contributed by atoms with Crippen molar-refractivity contribution in [2.45, 2.75) is 58.9 Å². The molecule has 0 bridgehead atoms. The van der Waals surface area contributed by atoms with Gasteiger partial charge in [-0.25, -0.2) is 15.0 Å². The molecule has 0 amide bonds. The molecule has 4 heteroatoms. The summed E-state index contributed by atoms with van der Waals surface area (Å²) in [6.45, 7) is -23.9. The Morgan fingerprint density at radius 3 is 1.08 bits per heavy atom. The SMILES string of the molecule is [2H]C([2H])([2H])C1(C([2H])([2H])[2H])c2ccc(-c3cc(C)c(-c4nc(-c5cccc(-c6cc(-c7ccccc7)cc(-c7ccccc7)c6)c5)nc(-c5cccc(-c6cc(-c7ccccc7)cc(-c7ccccc7)c6)c5)n4)cn3)cc2C(C([2H])([2H])[2H])(C([2H])([2H])[2H])C1(C([2H])([2H])[2H])C([2H])([2H])[2H]. The van der Waals surface area contributed by atoms with Crippen LogP contribution in [0.3, 0.4) is 0 Å². The van der Waals surface area contributed by atoms with E-state index in [4.69, 9.17) is 44.6 Å². The van der Waals surface area contributed by atoms with Crippen molar-refractivity contribution in [2.75, 3.05) is 0 Å². The van der Waals surface area contributed by atoms with Gasteiger partial charge < -0.3 is 0 Å². The van der Waals surface area contributed by atoms with Gasteiger partial charge in [-0.3, -0.25) is 4.98 Å². The van der Waals surface area contributed by atoms with Crippen LogP contribution in [-0.4, -0.2) is 19.9 Å². The van der Waals surface area contributed by atoms with Crippen LogP contribution in [0, 0.1) is 12.3 Å². The molecule has 0 saturated carbocycles. The van der Waals surface area contributed by atoms with E-state index in [9.17, 15) is 0 Å². The van der Waals surface area contributed by atoms with Gasteiger partial charge in [-0.15, -0.1) is 0 Å². The summed E-state index contributed by atoms with van der Waals surface area (Å²) < 4.78 is 161. The van der Waals surface area contributed by atoms with E-state index < -0.39 is 68.5 Å². The molecule has 0 N–H and O–H groups in total. The highest BCUT2D eigenvalue weighted by atomic mass is 15.0. The Hall–Kier alpha value is -8.86. The number of rotatable bonds is 10. The highest BCUT2D eigenvalue weighted by Gasteiger charge is 2.56. The van der Waals surface area contributed by atoms with Crippen LogP contribution in [0.25, 0.3) is 112 Å². The Morgan fingerprint density at radius 1 is 0.303 bits per heavy atom. The van der Waals surface area contributed by atoms with E-state index in [1.165, 1.54) is 6.20 Å². The van der Waals surface area contributed by atoms with Gasteiger partial charge in [-0.05, 0) is 167 Å². The predicted octanol–water partition coefficient (Wildman–Crippen LogP) is 18.8. The standard InChI is InChI=1S/C72H60N4/c1-47-36-66(54-34-35-64-65(45-54)71(4,5)72(6,7)70(64,2)3)73-46-63(47)69-75-67(55-32-20-30-52(37-55)61-41-57(48-22-12-8-13-23-48)39-58(42-61)49-24-14-9-15-25-49)74-68(76-69)56-33-21-31-53(38-56)62-43-59(50-26-16-10-17-27-50)40-60(44-62)51-28-18-11-19-29-51/h8-46H,1-7H3/i2D3,3D3,4D3,5D3,6D3,7D3. The molecule has 11 aromatic rings. The number of aromatic nitrogens is 4. The number of hydrogen-bond donors (Lipinski definition) is 0. The summed E-state index contributed by atoms with van der Waals surface area (Å²) in [5.41, 5.74) is -1.30. The zero-order chi connectivity index (χ0) is 67.2. The van der Waals surface area contributed by atoms with Crippen LogP contribution in [0.5, 0.6) is 0 Å². The van der Waals surface area contributed by atoms with Crippen LogP contribution >= 0.6 is 0 Å². The summed E-state index contributed by atoms with van der Waals surface area (Å²) in [7, 11) is 0. The Morgan fingerprint density at radius 2 is 0.671 bits per heavy atom. The van der Waals surface area contributed by atoms with Crippen LogP contribution in [0.15, 0.2) is 237 Å². The average molecular weight is 999 g/mol. The first-order valence-electron chi connectivity index (χ1n) is 33.9. The van der Waals surface area contributed by atoms with Crippen molar-refractivity contribution in [3.63, 3.8) is 0 Å². The predicted molar refractivity (Wildman–Crippen MR) is 317 cm³/mol. The molecule has 4 nitrogen and oxygen atoms in total. The Bertz CT molecular complexity index is 4310. The summed E-state index contributed by atoms with van der Waals surface area (Å²) >= 11 is 0. The molecule has 1 aliphatic carbocycles. The van der Waals surface area contributed by atoms with Crippen LogP contribution in [0.4, 0.5) is 0 Å². The third-order valence-electron chi connectivity index (χ3n) is 14.4. The van der Waals surface area contributed by atoms with E-state index in [1.54, 1.807) is 13.0 Å². The van der Waals surface area contributed by atoms with Gasteiger partial charge in [-0.2, -0.15) is 0 Å². The van der Waals surface area contributed by atoms with E-state index in [0.717, 1.165) is 85.0 Å². The van der Waals surface area contributed by atoms with Gasteiger partial charge in [0.25, 0.3) is 0 Å². The Kier molecular flexibility index (Phi) is 8.00. The largest absolute Gasteiger partial charge is 0.255 e. The van der Waals surface area contributed by atoms with E-state index in [2.05, 4.69) is 84.9 Å². The molecule has 1 aliphatic rings. The number of hydrogen-bond acceptors (Lipinski definition) is 4. The lowest BCUT2D eigenvalue weighted by molar-refractivity contribution is 0.125. The second kappa shape index (κ2) is 19.1. The number of pyridine rings is 1. The molecule has 0 spiro atoms. The van der Waals surface area contributed by atoms with E-state index in [1.807, 2.05) is 121 Å². The average Bonchev–Trinajstić information content (AvgIpc) is 1.42. The molecule has 2 heterocycles. The topological polar surface area (TPSA) is 51.6 Å². The summed E-state index contributed by atoms with van der Waals surface area (Å²) in [4.78, 5) is 20.3. The molecule has 368 valence electrons. The van der Waals surface area contributed by atoms with E-state index in [-0.39, 0.29) is 17.1 Å². The quantitative estimate of drug-likeness (QED) is 0.137. The van der Waals surface area contributed by atoms with Gasteiger partial charge in [0, 0.05) is 53.1 Å². The van der Waals surface area contributed by atoms with Crippen molar-refractivity contribution in [3.05, 3.63) is 253 Å². The molecule has 0 aliphatic heterocycles. The third-order valence-corrected chi connectivity index (χ3v) is 14.4. The number of nitrogens with zero attached hydrogens (tertiary/aromatic N) is 4. The highest BCUT2D eigenvalue weighted by Crippen LogP contribution is 2.61. The second-order valence-electron chi connectivity index (χ2n) is 19.4. The lowest BCUT2D eigenvalue weighted by Gasteiger charge is -2.44. The lowest BCUT2D eigenvalue weighted by atomic mass is 9.59. The van der Waals surface area contributed by atoms with E-state index in [0.29, 0.717) is 33.9 Å². The summed E-state index contributed by atoms with van der Waals surface area (Å²) in [6.07, 6.45) is 1.43. The molecule has 0 fully saturated rings. The molecular formula is C72H60N4. The zero-order valence-corrected chi connectivity index (χ0v) is 41.3. The molecule has 2 aromatic heterocycles. The maximum Gasteiger partial charge on any atom is 0.165 e. The Labute approximate surface area is 473 Å². The summed E-state index contributed by atoms with van der Waals surface area (Å²) in [6, 6.07) is 73.5. The van der Waals surface area contributed by atoms with Crippen molar-refractivity contribution in [2.24, 2.45) is 5.41 Å². The zero-order valence-electron chi connectivity index (χ0n) is 59.3. The third kappa shape index (κ3) is 8.74. The van der Waals surface area contributed by atoms with Gasteiger partial charge >= 0.3 is 0 Å². The number of fused-ring (bicyclic) bond motifs is 1. The highest BCUT2D eigenvalue weighted by molar-refractivity contribution is 5.85. The van der Waals surface area contributed by atoms with Crippen LogP contribution in [0.2, 0.25) is 0 Å². The smallest absolute Gasteiger partial charge is 0.165 e. The maximum absolute atomic E-state index is 9.00. The summed E-state index contributed by atoms with van der Waals surface area (Å²) in [5.74, 6) is 0.748. The Balaban J connectivity index is 1.05. The molecule has 0 saturated heterocycles. The normalized spacial score (nSPS) is 18.5. The number of aryl methyl sites for hydroxylation is 1. The van der Waals surface area contributed by atoms with Crippen molar-refractivity contribution in [3.8, 4) is 112 Å². The first-order valence-corrected chi connectivity index (χ1v) is 24.9. The van der Waals surface area contributed by atoms with Gasteiger partial charge in [0.1, 0.15) is 0 Å². The minimum Gasteiger partial charge on any atom is -0.255 e. The fourth-order valence-electron chi connectivity index (χ4n) is 10.2. The van der Waals surface area contributed by atoms with E-state index >= 15 is 0 Å². The number of benzene rings is 9. The molecule has 9 aromatic carbocycles. The maximum atomic E-state index is 9.00. The monoisotopic (exact) mass is 999 g/mol. The molecular weight excluding hydrogens is 921 g/mol. The molecule has 0 unspecified atom stereocenters. The van der Waals surface area contributed by atoms with Crippen LogP contribution in [0.1, 0.15) is 82.5 Å². The first-order chi connectivity index (χ1) is 44.3. The lowest BCUT2D eigenvalue weighted by Crippen LogP contribution is -2.42. The first kappa shape index (κ1) is 31.8. The van der Waals surface area contributed by atoms with Crippen molar-refractivity contribution >= 4 is 0 Å². The van der Waals surface area contributed by atoms with Gasteiger partial charge in [0.2, 0.25) is 0 Å². The molecule has 0 atom stereocenters. The summed E-state index contributed by atoms with van der Waals surface area (Å²) in [5, 5.41) is 0. The minimum absolute atomic E-state index is 0.00205. The fourth-order valence-corrected chi connectivity index (χ4v) is 10.2. The van der Waals surface area contributed by atoms with Crippen molar-refractivity contribution in [1.82, 2.24) is 19.9 Å². The minimum atomic E-state index is -4.54. The van der Waals surface area contributed by atoms with Gasteiger partial charge in [0.15, 0.2) is 17.5 Å². The second-order valence-corrected chi connectivity index (χ2v) is 19.4. The fraction of sp³-hybridized carbons (Fsp3) is 0.139. The van der Waals surface area contributed by atoms with Crippen LogP contribution < -0.4 is 0 Å². The molecule has 76 heavy (non-hydrogen) atoms. The molecule has 0 radical (unpaired) electrons.